The molecular formula is C30H37FN6O2. The number of nitrogens with two attached hydrogens (primary N) is 1. The van der Waals surface area contributed by atoms with Crippen molar-refractivity contribution >= 4 is 16.9 Å². The second-order valence-electron chi connectivity index (χ2n) is 12.4. The summed E-state index contributed by atoms with van der Waals surface area (Å²) in [4.78, 5) is 37.7. The molecule has 6 atom stereocenters. The Labute approximate surface area is 227 Å². The van der Waals surface area contributed by atoms with E-state index in [0.717, 1.165) is 53.8 Å². The van der Waals surface area contributed by atoms with E-state index in [-0.39, 0.29) is 17.4 Å². The third kappa shape index (κ3) is 4.39. The van der Waals surface area contributed by atoms with Crippen LogP contribution in [0.2, 0.25) is 0 Å². The molecule has 1 aromatic carbocycles. The lowest BCUT2D eigenvalue weighted by atomic mass is 9.73. The van der Waals surface area contributed by atoms with E-state index in [0.29, 0.717) is 23.6 Å². The van der Waals surface area contributed by atoms with Gasteiger partial charge in [-0.1, -0.05) is 44.2 Å². The van der Waals surface area contributed by atoms with Gasteiger partial charge in [-0.15, -0.1) is 0 Å². The average Bonchev–Trinajstić information content (AvgIpc) is 3.09. The fourth-order valence-electron chi connectivity index (χ4n) is 8.56. The molecule has 4 fully saturated rings. The van der Waals surface area contributed by atoms with Crippen LogP contribution in [0.4, 0.5) is 10.2 Å². The Balaban J connectivity index is 1.27. The highest BCUT2D eigenvalue weighted by Crippen LogP contribution is 2.47. The number of benzene rings is 1. The highest BCUT2D eigenvalue weighted by Gasteiger charge is 2.45. The third-order valence-electron chi connectivity index (χ3n) is 10.1. The van der Waals surface area contributed by atoms with Crippen molar-refractivity contribution in [1.29, 1.82) is 0 Å². The largest absolute Gasteiger partial charge is 0.381 e. The number of hydrogen-bond acceptors (Lipinski definition) is 6. The van der Waals surface area contributed by atoms with E-state index in [9.17, 15) is 14.0 Å². The van der Waals surface area contributed by atoms with E-state index in [1.54, 1.807) is 0 Å². The van der Waals surface area contributed by atoms with Crippen LogP contribution in [0.1, 0.15) is 83.1 Å². The summed E-state index contributed by atoms with van der Waals surface area (Å²) in [5.74, 6) is 0.271. The van der Waals surface area contributed by atoms with Crippen LogP contribution in [0, 0.1) is 17.7 Å². The van der Waals surface area contributed by atoms with Gasteiger partial charge in [0, 0.05) is 24.2 Å². The first-order valence-corrected chi connectivity index (χ1v) is 14.8. The van der Waals surface area contributed by atoms with Crippen molar-refractivity contribution in [3.8, 4) is 5.82 Å². The predicted molar refractivity (Wildman–Crippen MR) is 148 cm³/mol. The molecule has 4 heterocycles. The Hall–Kier alpha value is -3.07. The molecular weight excluding hydrogens is 495 g/mol. The van der Waals surface area contributed by atoms with Crippen molar-refractivity contribution in [3.63, 3.8) is 0 Å². The summed E-state index contributed by atoms with van der Waals surface area (Å²) >= 11 is 0. The van der Waals surface area contributed by atoms with Crippen molar-refractivity contribution in [2.24, 2.45) is 11.8 Å². The summed E-state index contributed by atoms with van der Waals surface area (Å²) in [5, 5.41) is 0. The van der Waals surface area contributed by atoms with Gasteiger partial charge in [0.25, 0.3) is 5.56 Å². The lowest BCUT2D eigenvalue weighted by Crippen LogP contribution is -2.58. The standard InChI is InChI=1S/C30H37FN6O2/c31-24-17-35(30(39)34-27(24)32)28-29(38)37(26-11-4-3-10-25(26)33-28)23-15-20-8-5-9-21(16-23)36(20)22-13-18-6-1-2-7-19(12-18)14-22/h3-4,10-11,17-23H,1-2,5-9,12-16H2,(H2,32,34,39)/t18-,19+,20-,21+,22+,23?. The van der Waals surface area contributed by atoms with Crippen LogP contribution < -0.4 is 17.0 Å². The van der Waals surface area contributed by atoms with Gasteiger partial charge < -0.3 is 10.3 Å². The summed E-state index contributed by atoms with van der Waals surface area (Å²) < 4.78 is 17.1. The number of nitrogen functional groups attached to an aromatic ring is 1. The smallest absolute Gasteiger partial charge is 0.355 e. The maximum atomic E-state index is 14.3. The van der Waals surface area contributed by atoms with Gasteiger partial charge in [-0.05, 0) is 68.9 Å². The molecule has 2 saturated heterocycles. The first-order valence-electron chi connectivity index (χ1n) is 14.8. The van der Waals surface area contributed by atoms with Crippen LogP contribution in [-0.4, -0.2) is 42.1 Å². The molecule has 0 radical (unpaired) electrons. The molecule has 39 heavy (non-hydrogen) atoms. The van der Waals surface area contributed by atoms with E-state index in [1.807, 2.05) is 28.8 Å². The number of hydrogen-bond donors (Lipinski definition) is 1. The molecule has 2 saturated carbocycles. The summed E-state index contributed by atoms with van der Waals surface area (Å²) in [6.45, 7) is 0. The van der Waals surface area contributed by atoms with Crippen LogP contribution in [-0.2, 0) is 0 Å². The van der Waals surface area contributed by atoms with E-state index in [4.69, 9.17) is 5.73 Å². The van der Waals surface area contributed by atoms with E-state index >= 15 is 0 Å². The van der Waals surface area contributed by atoms with Gasteiger partial charge >= 0.3 is 5.69 Å². The molecule has 3 aromatic rings. The van der Waals surface area contributed by atoms with Gasteiger partial charge in [0.2, 0.25) is 5.82 Å². The van der Waals surface area contributed by atoms with Crippen molar-refractivity contribution in [2.45, 2.75) is 101 Å². The number of rotatable bonds is 3. The number of halogens is 1. The second-order valence-corrected chi connectivity index (χ2v) is 12.4. The topological polar surface area (TPSA) is 99.0 Å². The maximum Gasteiger partial charge on any atom is 0.355 e. The van der Waals surface area contributed by atoms with Crippen molar-refractivity contribution in [3.05, 3.63) is 57.1 Å². The molecule has 2 aliphatic carbocycles. The Morgan fingerprint density at radius 1 is 0.795 bits per heavy atom. The fraction of sp³-hybridized carbons (Fsp3) is 0.600. The Kier molecular flexibility index (Phi) is 6.29. The summed E-state index contributed by atoms with van der Waals surface area (Å²) in [6.07, 6.45) is 15.9. The molecule has 0 amide bonds. The predicted octanol–water partition coefficient (Wildman–Crippen LogP) is 4.58. The quantitative estimate of drug-likeness (QED) is 0.530. The van der Waals surface area contributed by atoms with E-state index in [2.05, 4.69) is 14.9 Å². The lowest BCUT2D eigenvalue weighted by Gasteiger charge is -2.54. The average molecular weight is 533 g/mol. The number of para-hydroxylation sites is 2. The van der Waals surface area contributed by atoms with E-state index in [1.165, 1.54) is 51.4 Å². The van der Waals surface area contributed by atoms with Crippen molar-refractivity contribution < 1.29 is 4.39 Å². The molecule has 4 aliphatic rings. The van der Waals surface area contributed by atoms with Gasteiger partial charge in [0.1, 0.15) is 0 Å². The minimum atomic E-state index is -0.855. The Bertz CT molecular complexity index is 1490. The van der Waals surface area contributed by atoms with Crippen LogP contribution in [0.15, 0.2) is 40.1 Å². The zero-order chi connectivity index (χ0) is 26.7. The maximum absolute atomic E-state index is 14.3. The van der Waals surface area contributed by atoms with Crippen LogP contribution >= 0.6 is 0 Å². The minimum Gasteiger partial charge on any atom is -0.381 e. The summed E-state index contributed by atoms with van der Waals surface area (Å²) in [7, 11) is 0. The molecule has 206 valence electrons. The number of nitrogens with zero attached hydrogens (tertiary/aromatic N) is 5. The molecule has 0 spiro atoms. The summed E-state index contributed by atoms with van der Waals surface area (Å²) in [5.41, 5.74) is 5.65. The Morgan fingerprint density at radius 3 is 2.21 bits per heavy atom. The third-order valence-corrected chi connectivity index (χ3v) is 10.1. The van der Waals surface area contributed by atoms with Crippen LogP contribution in [0.25, 0.3) is 16.9 Å². The molecule has 8 nitrogen and oxygen atoms in total. The monoisotopic (exact) mass is 532 g/mol. The first kappa shape index (κ1) is 24.9. The zero-order valence-corrected chi connectivity index (χ0v) is 22.3. The molecule has 2 N–H and O–H groups in total. The van der Waals surface area contributed by atoms with Crippen molar-refractivity contribution in [2.75, 3.05) is 5.73 Å². The van der Waals surface area contributed by atoms with Crippen LogP contribution in [0.3, 0.4) is 0 Å². The lowest BCUT2D eigenvalue weighted by molar-refractivity contribution is -0.0420. The SMILES string of the molecule is Nc1nc(=O)n(-c2nc3ccccc3n(C3C[C@H]4CCC[C@@H](C3)N4[C@H]3C[C@@H]4CCCC[C@@H](C4)C3)c2=O)cc1F. The molecule has 7 rings (SSSR count). The summed E-state index contributed by atoms with van der Waals surface area (Å²) in [6, 6.07) is 9.08. The van der Waals surface area contributed by atoms with Gasteiger partial charge in [-0.2, -0.15) is 4.98 Å². The van der Waals surface area contributed by atoms with Gasteiger partial charge in [-0.3, -0.25) is 9.69 Å². The molecule has 4 bridgehead atoms. The van der Waals surface area contributed by atoms with Crippen LogP contribution in [0.5, 0.6) is 0 Å². The molecule has 1 unspecified atom stereocenters. The van der Waals surface area contributed by atoms with E-state index < -0.39 is 17.3 Å². The Morgan fingerprint density at radius 2 is 1.49 bits per heavy atom. The minimum absolute atomic E-state index is 0.0103. The number of aromatic nitrogens is 4. The molecule has 2 aliphatic heterocycles. The van der Waals surface area contributed by atoms with Crippen molar-refractivity contribution in [1.82, 2.24) is 24.0 Å². The normalized spacial score (nSPS) is 31.2. The first-order chi connectivity index (χ1) is 19.0. The highest BCUT2D eigenvalue weighted by molar-refractivity contribution is 5.75. The zero-order valence-electron chi connectivity index (χ0n) is 22.3. The number of piperidine rings is 2. The second kappa shape index (κ2) is 9.84. The number of fused-ring (bicyclic) bond motifs is 5. The van der Waals surface area contributed by atoms with Gasteiger partial charge in [0.05, 0.1) is 17.2 Å². The molecule has 2 aromatic heterocycles. The highest BCUT2D eigenvalue weighted by atomic mass is 19.1. The molecule has 9 heteroatoms. The fourth-order valence-corrected chi connectivity index (χ4v) is 8.56. The van der Waals surface area contributed by atoms with Gasteiger partial charge in [-0.25, -0.2) is 18.7 Å². The van der Waals surface area contributed by atoms with Gasteiger partial charge in [0.15, 0.2) is 11.6 Å². The number of anilines is 1.